The Morgan fingerprint density at radius 1 is 0.387 bits per heavy atom. The van der Waals surface area contributed by atoms with E-state index in [2.05, 4.69) is 216 Å². The molecular weight excluding hydrogens is 757 g/mol. The van der Waals surface area contributed by atoms with Crippen molar-refractivity contribution in [3.8, 4) is 39.1 Å². The minimum absolute atomic E-state index is 0.506. The first-order valence-electron chi connectivity index (χ1n) is 21.0. The standard InChI is InChI=1S/C57H38N4O/c1-4-13-37(14-5-1)40-23-27-42(28-24-40)55-58-56(43-29-25-41(26-30-43)38-15-6-2-7-16-38)60-57(59-55)45-31-32-48-50-34-33-49-47-21-10-11-22-51(47)61(53(49)54(50)62-52(48)36-45)46-20-12-19-44(35-46)39-17-8-3-9-18-39/h1-36,57H,(H,58,59,60). The summed E-state index contributed by atoms with van der Waals surface area (Å²) in [5.41, 5.74) is 14.8. The van der Waals surface area contributed by atoms with E-state index in [9.17, 15) is 0 Å². The van der Waals surface area contributed by atoms with Crippen molar-refractivity contribution in [2.24, 2.45) is 9.98 Å². The van der Waals surface area contributed by atoms with Crippen LogP contribution >= 0.6 is 0 Å². The Bertz CT molecular complexity index is 3410. The summed E-state index contributed by atoms with van der Waals surface area (Å²) in [6.07, 6.45) is -0.506. The van der Waals surface area contributed by atoms with Crippen LogP contribution in [0.5, 0.6) is 0 Å². The Morgan fingerprint density at radius 2 is 0.887 bits per heavy atom. The fourth-order valence-electron chi connectivity index (χ4n) is 8.98. The molecule has 11 aromatic rings. The highest BCUT2D eigenvalue weighted by atomic mass is 16.3. The summed E-state index contributed by atoms with van der Waals surface area (Å²) in [6.45, 7) is 0. The second kappa shape index (κ2) is 14.8. The zero-order chi connectivity index (χ0) is 41.0. The number of fused-ring (bicyclic) bond motifs is 7. The number of nitrogens with zero attached hydrogens (tertiary/aromatic N) is 3. The molecule has 5 nitrogen and oxygen atoms in total. The number of rotatable bonds is 7. The van der Waals surface area contributed by atoms with Gasteiger partial charge in [-0.1, -0.05) is 188 Å². The van der Waals surface area contributed by atoms with Crippen LogP contribution in [-0.2, 0) is 0 Å². The molecule has 292 valence electrons. The van der Waals surface area contributed by atoms with Crippen LogP contribution in [0.2, 0.25) is 0 Å². The van der Waals surface area contributed by atoms with E-state index in [4.69, 9.17) is 14.4 Å². The minimum Gasteiger partial charge on any atom is -0.454 e. The quantitative estimate of drug-likeness (QED) is 0.175. The first kappa shape index (κ1) is 35.6. The fourth-order valence-corrected chi connectivity index (χ4v) is 8.98. The van der Waals surface area contributed by atoms with Gasteiger partial charge in [-0.2, -0.15) is 0 Å². The van der Waals surface area contributed by atoms with Gasteiger partial charge in [-0.05, 0) is 63.7 Å². The summed E-state index contributed by atoms with van der Waals surface area (Å²) in [5, 5.41) is 8.06. The van der Waals surface area contributed by atoms with Crippen LogP contribution in [0.3, 0.4) is 0 Å². The average Bonchev–Trinajstić information content (AvgIpc) is 3.90. The lowest BCUT2D eigenvalue weighted by Crippen LogP contribution is -2.36. The molecule has 0 aliphatic carbocycles. The molecule has 3 heterocycles. The second-order valence-corrected chi connectivity index (χ2v) is 15.8. The van der Waals surface area contributed by atoms with Crippen LogP contribution in [0.25, 0.3) is 82.8 Å². The second-order valence-electron chi connectivity index (χ2n) is 15.8. The molecule has 0 bridgehead atoms. The Kier molecular flexibility index (Phi) is 8.49. The van der Waals surface area contributed by atoms with Gasteiger partial charge < -0.3 is 14.3 Å². The van der Waals surface area contributed by atoms with Crippen LogP contribution in [0.15, 0.2) is 233 Å². The first-order chi connectivity index (χ1) is 30.7. The molecule has 0 amide bonds. The van der Waals surface area contributed by atoms with Crippen LogP contribution < -0.4 is 5.32 Å². The minimum atomic E-state index is -0.506. The maximum Gasteiger partial charge on any atom is 0.169 e. The van der Waals surface area contributed by atoms with E-state index in [0.29, 0.717) is 0 Å². The Morgan fingerprint density at radius 3 is 1.52 bits per heavy atom. The Labute approximate surface area is 358 Å². The third-order valence-electron chi connectivity index (χ3n) is 12.1. The van der Waals surface area contributed by atoms with E-state index < -0.39 is 6.17 Å². The summed E-state index contributed by atoms with van der Waals surface area (Å²) < 4.78 is 9.36. The topological polar surface area (TPSA) is 54.8 Å². The van der Waals surface area contributed by atoms with Gasteiger partial charge in [0.25, 0.3) is 0 Å². The fraction of sp³-hybridized carbons (Fsp3) is 0.0175. The molecule has 9 aromatic carbocycles. The number of para-hydroxylation sites is 1. The van der Waals surface area contributed by atoms with Crippen LogP contribution in [0.1, 0.15) is 22.9 Å². The predicted molar refractivity (Wildman–Crippen MR) is 256 cm³/mol. The van der Waals surface area contributed by atoms with Crippen LogP contribution in [0, 0.1) is 0 Å². The summed E-state index contributed by atoms with van der Waals surface area (Å²) in [6, 6.07) is 76.9. The van der Waals surface area contributed by atoms with Gasteiger partial charge >= 0.3 is 0 Å². The lowest BCUT2D eigenvalue weighted by Gasteiger charge is -2.22. The van der Waals surface area contributed by atoms with Gasteiger partial charge in [0.05, 0.1) is 11.0 Å². The van der Waals surface area contributed by atoms with Crippen molar-refractivity contribution >= 4 is 55.4 Å². The zero-order valence-corrected chi connectivity index (χ0v) is 33.6. The van der Waals surface area contributed by atoms with Gasteiger partial charge in [0.1, 0.15) is 17.3 Å². The molecule has 62 heavy (non-hydrogen) atoms. The normalized spacial score (nSPS) is 13.1. The molecular formula is C57H38N4O. The van der Waals surface area contributed by atoms with E-state index in [1.165, 1.54) is 22.1 Å². The molecule has 0 saturated heterocycles. The highest BCUT2D eigenvalue weighted by molar-refractivity contribution is 6.21. The van der Waals surface area contributed by atoms with Crippen molar-refractivity contribution < 1.29 is 4.42 Å². The summed E-state index contributed by atoms with van der Waals surface area (Å²) >= 11 is 0. The number of furan rings is 1. The third-order valence-corrected chi connectivity index (χ3v) is 12.1. The molecule has 0 radical (unpaired) electrons. The number of aliphatic imine (C=N–C) groups is 2. The van der Waals surface area contributed by atoms with Crippen molar-refractivity contribution in [2.45, 2.75) is 6.17 Å². The summed E-state index contributed by atoms with van der Waals surface area (Å²) in [4.78, 5) is 10.5. The SMILES string of the molecule is c1ccc(-c2ccc(C3=NC(c4ccc5c(c4)oc4c5ccc5c6ccccc6n(-c6cccc(-c7ccccc7)c6)c54)N=C(c4ccc(-c5ccccc5)cc4)N3)cc2)cc1. The molecule has 0 saturated carbocycles. The summed E-state index contributed by atoms with van der Waals surface area (Å²) in [7, 11) is 0. The van der Waals surface area contributed by atoms with Crippen molar-refractivity contribution in [3.63, 3.8) is 0 Å². The lowest BCUT2D eigenvalue weighted by atomic mass is 10.0. The average molecular weight is 795 g/mol. The maximum absolute atomic E-state index is 7.00. The van der Waals surface area contributed by atoms with Crippen LogP contribution in [0.4, 0.5) is 0 Å². The van der Waals surface area contributed by atoms with E-state index in [0.717, 1.165) is 89.1 Å². The number of aromatic nitrogens is 1. The van der Waals surface area contributed by atoms with Gasteiger partial charge in [-0.25, -0.2) is 9.98 Å². The third kappa shape index (κ3) is 6.18. The Hall–Kier alpha value is -8.28. The molecule has 2 aromatic heterocycles. The molecule has 0 atom stereocenters. The van der Waals surface area contributed by atoms with E-state index in [-0.39, 0.29) is 0 Å². The smallest absolute Gasteiger partial charge is 0.169 e. The van der Waals surface area contributed by atoms with E-state index >= 15 is 0 Å². The number of nitrogens with one attached hydrogen (secondary N) is 1. The van der Waals surface area contributed by atoms with Crippen LogP contribution in [-0.4, -0.2) is 16.2 Å². The highest BCUT2D eigenvalue weighted by Crippen LogP contribution is 2.41. The summed E-state index contributed by atoms with van der Waals surface area (Å²) in [5.74, 6) is 1.53. The lowest BCUT2D eigenvalue weighted by molar-refractivity contribution is 0.667. The largest absolute Gasteiger partial charge is 0.454 e. The number of hydrogen-bond donors (Lipinski definition) is 1. The predicted octanol–water partition coefficient (Wildman–Crippen LogP) is 14.2. The van der Waals surface area contributed by atoms with Crippen molar-refractivity contribution in [2.75, 3.05) is 0 Å². The first-order valence-corrected chi connectivity index (χ1v) is 21.0. The number of amidine groups is 2. The number of benzene rings is 9. The van der Waals surface area contributed by atoms with Gasteiger partial charge in [-0.15, -0.1) is 0 Å². The molecule has 12 rings (SSSR count). The molecule has 0 spiro atoms. The van der Waals surface area contributed by atoms with Gasteiger partial charge in [0, 0.05) is 43.9 Å². The van der Waals surface area contributed by atoms with Crippen molar-refractivity contribution in [3.05, 3.63) is 235 Å². The molecule has 1 aliphatic rings. The molecule has 1 N–H and O–H groups in total. The van der Waals surface area contributed by atoms with Gasteiger partial charge in [-0.3, -0.25) is 0 Å². The van der Waals surface area contributed by atoms with Gasteiger partial charge in [0.2, 0.25) is 0 Å². The maximum atomic E-state index is 7.00. The molecule has 0 fully saturated rings. The molecule has 1 aliphatic heterocycles. The monoisotopic (exact) mass is 794 g/mol. The Balaban J connectivity index is 0.986. The number of hydrogen-bond acceptors (Lipinski definition) is 4. The zero-order valence-electron chi connectivity index (χ0n) is 33.6. The molecule has 5 heteroatoms. The molecule has 0 unspecified atom stereocenters. The van der Waals surface area contributed by atoms with E-state index in [1.807, 2.05) is 12.1 Å². The van der Waals surface area contributed by atoms with Gasteiger partial charge in [0.15, 0.2) is 11.7 Å². The highest BCUT2D eigenvalue weighted by Gasteiger charge is 2.24. The van der Waals surface area contributed by atoms with Crippen molar-refractivity contribution in [1.82, 2.24) is 9.88 Å². The van der Waals surface area contributed by atoms with E-state index in [1.54, 1.807) is 0 Å². The van der Waals surface area contributed by atoms with Crippen molar-refractivity contribution in [1.29, 1.82) is 0 Å².